The summed E-state index contributed by atoms with van der Waals surface area (Å²) in [6.45, 7) is 0.493. The number of carbonyl (C=O) groups is 1. The van der Waals surface area contributed by atoms with Gasteiger partial charge in [-0.05, 0) is 30.5 Å². The molecule has 6 nitrogen and oxygen atoms in total. The minimum absolute atomic E-state index is 0.134. The Bertz CT molecular complexity index is 929. The molecule has 0 radical (unpaired) electrons. The van der Waals surface area contributed by atoms with E-state index in [4.69, 9.17) is 10.3 Å². The van der Waals surface area contributed by atoms with Gasteiger partial charge in [-0.2, -0.15) is 4.98 Å². The lowest BCUT2D eigenvalue weighted by Crippen LogP contribution is -2.28. The van der Waals surface area contributed by atoms with Crippen LogP contribution in [0.3, 0.4) is 0 Å². The fourth-order valence-electron chi connectivity index (χ4n) is 2.91. The van der Waals surface area contributed by atoms with Crippen LogP contribution in [-0.4, -0.2) is 23.1 Å². The van der Waals surface area contributed by atoms with E-state index < -0.39 is 0 Å². The second-order valence-corrected chi connectivity index (χ2v) is 6.51. The van der Waals surface area contributed by atoms with E-state index >= 15 is 0 Å². The van der Waals surface area contributed by atoms with Gasteiger partial charge in [-0.25, -0.2) is 0 Å². The van der Waals surface area contributed by atoms with Gasteiger partial charge in [0.05, 0.1) is 11.3 Å². The van der Waals surface area contributed by atoms with E-state index in [2.05, 4.69) is 10.1 Å². The van der Waals surface area contributed by atoms with Crippen molar-refractivity contribution in [2.24, 2.45) is 11.7 Å². The Balaban J connectivity index is 1.66. The summed E-state index contributed by atoms with van der Waals surface area (Å²) in [6, 6.07) is 15.3. The SMILES string of the molecule is CN(C(=O)C1CC1)c1ccccc1-c1nc(-c2ccc(CN)cc2)no1. The molecule has 3 aromatic rings. The highest BCUT2D eigenvalue weighted by Gasteiger charge is 2.33. The smallest absolute Gasteiger partial charge is 0.260 e. The van der Waals surface area contributed by atoms with Crippen molar-refractivity contribution in [3.63, 3.8) is 0 Å². The van der Waals surface area contributed by atoms with Crippen LogP contribution in [0.1, 0.15) is 18.4 Å². The summed E-state index contributed by atoms with van der Waals surface area (Å²) in [4.78, 5) is 18.6. The van der Waals surface area contributed by atoms with Gasteiger partial charge >= 0.3 is 0 Å². The van der Waals surface area contributed by atoms with Crippen LogP contribution in [0.2, 0.25) is 0 Å². The summed E-state index contributed by atoms with van der Waals surface area (Å²) < 4.78 is 5.48. The Labute approximate surface area is 151 Å². The first kappa shape index (κ1) is 16.5. The van der Waals surface area contributed by atoms with E-state index in [0.717, 1.165) is 35.2 Å². The van der Waals surface area contributed by atoms with Crippen molar-refractivity contribution < 1.29 is 9.32 Å². The van der Waals surface area contributed by atoms with Gasteiger partial charge in [-0.3, -0.25) is 4.79 Å². The van der Waals surface area contributed by atoms with Gasteiger partial charge in [0.25, 0.3) is 5.89 Å². The second-order valence-electron chi connectivity index (χ2n) is 6.51. The number of benzene rings is 2. The van der Waals surface area contributed by atoms with Crippen LogP contribution in [0.15, 0.2) is 53.1 Å². The lowest BCUT2D eigenvalue weighted by atomic mass is 10.1. The minimum Gasteiger partial charge on any atom is -0.334 e. The molecule has 1 aliphatic carbocycles. The number of para-hydroxylation sites is 1. The van der Waals surface area contributed by atoms with Crippen LogP contribution in [0, 0.1) is 5.92 Å². The normalized spacial score (nSPS) is 13.6. The standard InChI is InChI=1S/C20H20N4O2/c1-24(20(25)15-10-11-15)17-5-3-2-4-16(17)19-22-18(23-26-19)14-8-6-13(12-21)7-9-14/h2-9,15H,10-12,21H2,1H3. The maximum absolute atomic E-state index is 12.4. The zero-order chi connectivity index (χ0) is 18.1. The molecule has 0 atom stereocenters. The Hall–Kier alpha value is -2.99. The maximum Gasteiger partial charge on any atom is 0.260 e. The molecule has 1 aromatic heterocycles. The van der Waals surface area contributed by atoms with Gasteiger partial charge in [0.15, 0.2) is 0 Å². The number of hydrogen-bond donors (Lipinski definition) is 1. The molecule has 1 saturated carbocycles. The van der Waals surface area contributed by atoms with Crippen molar-refractivity contribution in [3.05, 3.63) is 54.1 Å². The molecule has 1 aliphatic rings. The molecule has 4 rings (SSSR count). The quantitative estimate of drug-likeness (QED) is 0.765. The third-order valence-electron chi connectivity index (χ3n) is 4.63. The Morgan fingerprint density at radius 1 is 1.19 bits per heavy atom. The average molecular weight is 348 g/mol. The molecule has 0 spiro atoms. The van der Waals surface area contributed by atoms with Crippen molar-refractivity contribution in [1.82, 2.24) is 10.1 Å². The van der Waals surface area contributed by atoms with Crippen LogP contribution in [0.25, 0.3) is 22.8 Å². The van der Waals surface area contributed by atoms with Crippen LogP contribution in [0.4, 0.5) is 5.69 Å². The Morgan fingerprint density at radius 2 is 1.92 bits per heavy atom. The highest BCUT2D eigenvalue weighted by molar-refractivity contribution is 5.99. The molecule has 0 aliphatic heterocycles. The molecule has 1 heterocycles. The largest absolute Gasteiger partial charge is 0.334 e. The lowest BCUT2D eigenvalue weighted by Gasteiger charge is -2.19. The molecule has 132 valence electrons. The summed E-state index contributed by atoms with van der Waals surface area (Å²) in [5, 5.41) is 4.09. The van der Waals surface area contributed by atoms with Gasteiger partial charge in [0.2, 0.25) is 11.7 Å². The molecule has 6 heteroatoms. The number of anilines is 1. The number of rotatable bonds is 5. The van der Waals surface area contributed by atoms with E-state index in [1.807, 2.05) is 48.5 Å². The number of aromatic nitrogens is 2. The summed E-state index contributed by atoms with van der Waals surface area (Å²) in [7, 11) is 1.79. The minimum atomic E-state index is 0.134. The van der Waals surface area contributed by atoms with E-state index in [9.17, 15) is 4.79 Å². The highest BCUT2D eigenvalue weighted by Crippen LogP contribution is 2.35. The fraction of sp³-hybridized carbons (Fsp3) is 0.250. The zero-order valence-electron chi connectivity index (χ0n) is 14.6. The van der Waals surface area contributed by atoms with Crippen molar-refractivity contribution in [1.29, 1.82) is 0 Å². The van der Waals surface area contributed by atoms with Gasteiger partial charge in [0.1, 0.15) is 0 Å². The number of amides is 1. The highest BCUT2D eigenvalue weighted by atomic mass is 16.5. The number of nitrogens with zero attached hydrogens (tertiary/aromatic N) is 3. The van der Waals surface area contributed by atoms with Crippen molar-refractivity contribution in [2.75, 3.05) is 11.9 Å². The number of nitrogens with two attached hydrogens (primary N) is 1. The van der Waals surface area contributed by atoms with Crippen LogP contribution in [-0.2, 0) is 11.3 Å². The van der Waals surface area contributed by atoms with Gasteiger partial charge in [-0.1, -0.05) is 41.6 Å². The van der Waals surface area contributed by atoms with E-state index in [1.54, 1.807) is 11.9 Å². The Morgan fingerprint density at radius 3 is 2.62 bits per heavy atom. The second kappa shape index (κ2) is 6.72. The predicted octanol–water partition coefficient (Wildman–Crippen LogP) is 3.24. The van der Waals surface area contributed by atoms with Crippen LogP contribution < -0.4 is 10.6 Å². The van der Waals surface area contributed by atoms with Gasteiger partial charge in [-0.15, -0.1) is 0 Å². The molecule has 2 aromatic carbocycles. The summed E-state index contributed by atoms with van der Waals surface area (Å²) in [5.74, 6) is 1.19. The van der Waals surface area contributed by atoms with E-state index in [1.165, 1.54) is 0 Å². The van der Waals surface area contributed by atoms with E-state index in [-0.39, 0.29) is 11.8 Å². The summed E-state index contributed by atoms with van der Waals surface area (Å²) >= 11 is 0. The molecule has 1 fully saturated rings. The number of hydrogen-bond acceptors (Lipinski definition) is 5. The Kier molecular flexibility index (Phi) is 4.26. The molecular formula is C20H20N4O2. The van der Waals surface area contributed by atoms with Crippen molar-refractivity contribution >= 4 is 11.6 Å². The van der Waals surface area contributed by atoms with E-state index in [0.29, 0.717) is 18.3 Å². The first-order valence-electron chi connectivity index (χ1n) is 8.67. The van der Waals surface area contributed by atoms with Crippen molar-refractivity contribution in [2.45, 2.75) is 19.4 Å². The molecule has 0 saturated heterocycles. The fourth-order valence-corrected chi connectivity index (χ4v) is 2.91. The first-order valence-corrected chi connectivity index (χ1v) is 8.67. The third-order valence-corrected chi connectivity index (χ3v) is 4.63. The molecule has 0 unspecified atom stereocenters. The van der Waals surface area contributed by atoms with Crippen LogP contribution in [0.5, 0.6) is 0 Å². The predicted molar refractivity (Wildman–Crippen MR) is 99.2 cm³/mol. The monoisotopic (exact) mass is 348 g/mol. The molecule has 1 amide bonds. The van der Waals surface area contributed by atoms with Crippen LogP contribution >= 0.6 is 0 Å². The van der Waals surface area contributed by atoms with Gasteiger partial charge in [0, 0.05) is 25.1 Å². The molecule has 26 heavy (non-hydrogen) atoms. The number of carbonyl (C=O) groups excluding carboxylic acids is 1. The van der Waals surface area contributed by atoms with Gasteiger partial charge < -0.3 is 15.2 Å². The third kappa shape index (κ3) is 3.11. The maximum atomic E-state index is 12.4. The van der Waals surface area contributed by atoms with Crippen molar-refractivity contribution in [3.8, 4) is 22.8 Å². The molecule has 2 N–H and O–H groups in total. The first-order chi connectivity index (χ1) is 12.7. The topological polar surface area (TPSA) is 85.2 Å². The summed E-state index contributed by atoms with van der Waals surface area (Å²) in [6.07, 6.45) is 1.93. The molecule has 0 bridgehead atoms. The zero-order valence-corrected chi connectivity index (χ0v) is 14.6. The summed E-state index contributed by atoms with van der Waals surface area (Å²) in [5.41, 5.74) is 9.06. The lowest BCUT2D eigenvalue weighted by molar-refractivity contribution is -0.119. The molecular weight excluding hydrogens is 328 g/mol. The average Bonchev–Trinajstić information content (AvgIpc) is 3.43.